The van der Waals surface area contributed by atoms with Crippen LogP contribution in [0.2, 0.25) is 0 Å². The molecule has 1 aromatic rings. The molecule has 1 aliphatic heterocycles. The zero-order valence-electron chi connectivity index (χ0n) is 12.4. The first-order valence-electron chi connectivity index (χ1n) is 6.87. The minimum atomic E-state index is -0.491. The Balaban J connectivity index is 1.84. The molecule has 1 amide bonds. The smallest absolute Gasteiger partial charge is 0.410 e. The summed E-state index contributed by atoms with van der Waals surface area (Å²) in [6.07, 6.45) is -1.15. The minimum Gasteiger partial charge on any atom is -0.445 e. The largest absolute Gasteiger partial charge is 0.445 e. The van der Waals surface area contributed by atoms with Crippen LogP contribution < -0.4 is 0 Å². The van der Waals surface area contributed by atoms with Gasteiger partial charge < -0.3 is 23.8 Å². The zero-order valence-corrected chi connectivity index (χ0v) is 12.4. The lowest BCUT2D eigenvalue weighted by molar-refractivity contribution is -0.196. The number of carbonyl (C=O) groups excluding carboxylic acids is 1. The Morgan fingerprint density at radius 1 is 1.33 bits per heavy atom. The quantitative estimate of drug-likeness (QED) is 0.773. The lowest BCUT2D eigenvalue weighted by Gasteiger charge is -2.35. The average Bonchev–Trinajstić information content (AvgIpc) is 2.55. The van der Waals surface area contributed by atoms with Crippen molar-refractivity contribution in [1.29, 1.82) is 0 Å². The summed E-state index contributed by atoms with van der Waals surface area (Å²) in [5.74, 6) is 0. The highest BCUT2D eigenvalue weighted by Crippen LogP contribution is 2.13. The van der Waals surface area contributed by atoms with Crippen LogP contribution in [0.1, 0.15) is 5.56 Å². The number of nitrogens with zero attached hydrogens (tertiary/aromatic N) is 1. The molecule has 0 spiro atoms. The number of morpholine rings is 1. The monoisotopic (exact) mass is 295 g/mol. The molecule has 1 aliphatic rings. The van der Waals surface area contributed by atoms with Gasteiger partial charge in [-0.2, -0.15) is 0 Å². The van der Waals surface area contributed by atoms with Crippen molar-refractivity contribution in [1.82, 2.24) is 4.90 Å². The Morgan fingerprint density at radius 3 is 2.71 bits per heavy atom. The van der Waals surface area contributed by atoms with E-state index in [1.54, 1.807) is 19.1 Å². The van der Waals surface area contributed by atoms with E-state index >= 15 is 0 Å². The molecule has 1 heterocycles. The summed E-state index contributed by atoms with van der Waals surface area (Å²) >= 11 is 0. The Morgan fingerprint density at radius 2 is 2.05 bits per heavy atom. The molecule has 2 rings (SSSR count). The summed E-state index contributed by atoms with van der Waals surface area (Å²) in [5.41, 5.74) is 0.960. The van der Waals surface area contributed by atoms with Crippen molar-refractivity contribution in [2.75, 3.05) is 33.9 Å². The standard InChI is InChI=1S/C15H21NO5/c1-18-14(19-2)13-10-16(8-9-20-13)15(17)21-11-12-6-4-3-5-7-12/h3-7,13-14H,8-11H2,1-2H3/t13-/m1/s1. The van der Waals surface area contributed by atoms with Crippen molar-refractivity contribution in [3.05, 3.63) is 35.9 Å². The van der Waals surface area contributed by atoms with Crippen molar-refractivity contribution >= 4 is 6.09 Å². The normalized spacial score (nSPS) is 18.8. The second kappa shape index (κ2) is 7.97. The summed E-state index contributed by atoms with van der Waals surface area (Å²) in [6, 6.07) is 9.58. The van der Waals surface area contributed by atoms with Gasteiger partial charge in [-0.25, -0.2) is 4.79 Å². The summed E-state index contributed by atoms with van der Waals surface area (Å²) in [4.78, 5) is 13.7. The number of hydrogen-bond donors (Lipinski definition) is 0. The van der Waals surface area contributed by atoms with E-state index in [1.165, 1.54) is 0 Å². The van der Waals surface area contributed by atoms with Crippen molar-refractivity contribution in [2.45, 2.75) is 19.0 Å². The summed E-state index contributed by atoms with van der Waals surface area (Å²) < 4.78 is 21.2. The van der Waals surface area contributed by atoms with Gasteiger partial charge in [0.25, 0.3) is 0 Å². The van der Waals surface area contributed by atoms with Crippen LogP contribution >= 0.6 is 0 Å². The van der Waals surface area contributed by atoms with E-state index < -0.39 is 6.29 Å². The van der Waals surface area contributed by atoms with Crippen LogP contribution in [0.3, 0.4) is 0 Å². The Kier molecular flexibility index (Phi) is 5.98. The van der Waals surface area contributed by atoms with Crippen LogP contribution in [0.4, 0.5) is 4.79 Å². The van der Waals surface area contributed by atoms with Gasteiger partial charge in [0.15, 0.2) is 6.29 Å². The van der Waals surface area contributed by atoms with E-state index in [0.29, 0.717) is 19.7 Å². The van der Waals surface area contributed by atoms with Crippen LogP contribution in [-0.2, 0) is 25.6 Å². The van der Waals surface area contributed by atoms with E-state index in [4.69, 9.17) is 18.9 Å². The minimum absolute atomic E-state index is 0.264. The molecular formula is C15H21NO5. The maximum absolute atomic E-state index is 12.1. The topological polar surface area (TPSA) is 57.2 Å². The number of benzene rings is 1. The summed E-state index contributed by atoms with van der Waals surface area (Å²) in [7, 11) is 3.09. The fourth-order valence-electron chi connectivity index (χ4n) is 2.22. The molecule has 0 N–H and O–H groups in total. The van der Waals surface area contributed by atoms with Crippen molar-refractivity contribution in [3.63, 3.8) is 0 Å². The van der Waals surface area contributed by atoms with Crippen LogP contribution in [0.15, 0.2) is 30.3 Å². The molecule has 6 nitrogen and oxygen atoms in total. The maximum Gasteiger partial charge on any atom is 0.410 e. The van der Waals surface area contributed by atoms with Gasteiger partial charge in [-0.15, -0.1) is 0 Å². The number of rotatable bonds is 5. The van der Waals surface area contributed by atoms with Gasteiger partial charge in [-0.1, -0.05) is 30.3 Å². The van der Waals surface area contributed by atoms with E-state index in [-0.39, 0.29) is 18.8 Å². The number of hydrogen-bond acceptors (Lipinski definition) is 5. The first kappa shape index (κ1) is 15.8. The molecule has 21 heavy (non-hydrogen) atoms. The van der Waals surface area contributed by atoms with Crippen molar-refractivity contribution < 1.29 is 23.7 Å². The van der Waals surface area contributed by atoms with Crippen LogP contribution in [-0.4, -0.2) is 57.3 Å². The second-order valence-corrected chi connectivity index (χ2v) is 4.74. The first-order valence-corrected chi connectivity index (χ1v) is 6.87. The highest BCUT2D eigenvalue weighted by Gasteiger charge is 2.31. The van der Waals surface area contributed by atoms with Crippen molar-refractivity contribution in [2.24, 2.45) is 0 Å². The van der Waals surface area contributed by atoms with Gasteiger partial charge in [-0.05, 0) is 5.56 Å². The van der Waals surface area contributed by atoms with Crippen LogP contribution in [0.25, 0.3) is 0 Å². The Labute approximate surface area is 124 Å². The Hall–Kier alpha value is -1.63. The van der Waals surface area contributed by atoms with Gasteiger partial charge in [0.1, 0.15) is 12.7 Å². The molecule has 116 valence electrons. The molecule has 0 radical (unpaired) electrons. The van der Waals surface area contributed by atoms with E-state index in [2.05, 4.69) is 0 Å². The molecule has 0 bridgehead atoms. The molecule has 1 fully saturated rings. The number of methoxy groups -OCH3 is 2. The SMILES string of the molecule is COC(OC)[C@H]1CN(C(=O)OCc2ccccc2)CCO1. The molecule has 1 saturated heterocycles. The first-order chi connectivity index (χ1) is 10.2. The molecule has 1 aromatic carbocycles. The molecular weight excluding hydrogens is 274 g/mol. The third-order valence-electron chi connectivity index (χ3n) is 3.32. The van der Waals surface area contributed by atoms with Gasteiger partial charge in [0, 0.05) is 20.8 Å². The fourth-order valence-corrected chi connectivity index (χ4v) is 2.22. The number of ether oxygens (including phenoxy) is 4. The number of carbonyl (C=O) groups is 1. The highest BCUT2D eigenvalue weighted by molar-refractivity contribution is 5.67. The van der Waals surface area contributed by atoms with Gasteiger partial charge in [-0.3, -0.25) is 0 Å². The average molecular weight is 295 g/mol. The molecule has 0 aromatic heterocycles. The summed E-state index contributed by atoms with van der Waals surface area (Å²) in [5, 5.41) is 0. The molecule has 0 saturated carbocycles. The van der Waals surface area contributed by atoms with E-state index in [9.17, 15) is 4.79 Å². The van der Waals surface area contributed by atoms with Gasteiger partial charge >= 0.3 is 6.09 Å². The lowest BCUT2D eigenvalue weighted by atomic mass is 10.2. The fraction of sp³-hybridized carbons (Fsp3) is 0.533. The van der Waals surface area contributed by atoms with Crippen molar-refractivity contribution in [3.8, 4) is 0 Å². The molecule has 0 unspecified atom stereocenters. The summed E-state index contributed by atoms with van der Waals surface area (Å²) in [6.45, 7) is 1.60. The molecule has 6 heteroatoms. The number of amides is 1. The molecule has 0 aliphatic carbocycles. The van der Waals surface area contributed by atoms with Gasteiger partial charge in [0.05, 0.1) is 13.2 Å². The van der Waals surface area contributed by atoms with Crippen LogP contribution in [0.5, 0.6) is 0 Å². The Bertz CT molecular complexity index is 435. The third-order valence-corrected chi connectivity index (χ3v) is 3.32. The van der Waals surface area contributed by atoms with E-state index in [0.717, 1.165) is 5.56 Å². The maximum atomic E-state index is 12.1. The van der Waals surface area contributed by atoms with Crippen LogP contribution in [0, 0.1) is 0 Å². The highest BCUT2D eigenvalue weighted by atomic mass is 16.7. The predicted octanol–water partition coefficient (Wildman–Crippen LogP) is 1.64. The zero-order chi connectivity index (χ0) is 15.1. The third kappa shape index (κ3) is 4.42. The van der Waals surface area contributed by atoms with E-state index in [1.807, 2.05) is 30.3 Å². The lowest BCUT2D eigenvalue weighted by Crippen LogP contribution is -2.50. The predicted molar refractivity (Wildman–Crippen MR) is 75.7 cm³/mol. The second-order valence-electron chi connectivity index (χ2n) is 4.74. The van der Waals surface area contributed by atoms with Gasteiger partial charge in [0.2, 0.25) is 0 Å². The molecule has 1 atom stereocenters.